The van der Waals surface area contributed by atoms with E-state index in [4.69, 9.17) is 5.73 Å². The number of halogens is 1. The molecule has 4 N–H and O–H groups in total. The average Bonchev–Trinajstić information content (AvgIpc) is 2.66. The van der Waals surface area contributed by atoms with Crippen molar-refractivity contribution in [1.82, 2.24) is 15.6 Å². The number of carbonyl (C=O) groups is 3. The minimum absolute atomic E-state index is 0.212. The minimum atomic E-state index is -0.908. The number of hydrogen-bond donors (Lipinski definition) is 3. The van der Waals surface area contributed by atoms with Crippen LogP contribution < -0.4 is 16.4 Å². The van der Waals surface area contributed by atoms with E-state index < -0.39 is 23.9 Å². The van der Waals surface area contributed by atoms with Crippen LogP contribution in [0, 0.1) is 0 Å². The molecule has 7 nitrogen and oxygen atoms in total. The van der Waals surface area contributed by atoms with Gasteiger partial charge in [-0.05, 0) is 17.2 Å². The van der Waals surface area contributed by atoms with Gasteiger partial charge in [0.1, 0.15) is 12.1 Å². The van der Waals surface area contributed by atoms with E-state index in [1.54, 1.807) is 48.8 Å². The topological polar surface area (TPSA) is 114 Å². The maximum atomic E-state index is 12.7. The zero-order valence-corrected chi connectivity index (χ0v) is 16.0. The van der Waals surface area contributed by atoms with Gasteiger partial charge in [-0.25, -0.2) is 0 Å². The van der Waals surface area contributed by atoms with Crippen molar-refractivity contribution in [2.24, 2.45) is 5.73 Å². The van der Waals surface area contributed by atoms with Crippen molar-refractivity contribution in [3.8, 4) is 0 Å². The Bertz CT molecular complexity index is 756. The fourth-order valence-electron chi connectivity index (χ4n) is 2.38. The summed E-state index contributed by atoms with van der Waals surface area (Å²) in [5.41, 5.74) is 6.82. The van der Waals surface area contributed by atoms with Gasteiger partial charge in [0.25, 0.3) is 0 Å². The van der Waals surface area contributed by atoms with Gasteiger partial charge in [0.05, 0.1) is 4.43 Å². The largest absolute Gasteiger partial charge is 0.368 e. The van der Waals surface area contributed by atoms with Gasteiger partial charge >= 0.3 is 0 Å². The molecule has 0 aliphatic carbocycles. The van der Waals surface area contributed by atoms with E-state index in [9.17, 15) is 14.4 Å². The highest BCUT2D eigenvalue weighted by atomic mass is 127. The number of hydrogen-bond acceptors (Lipinski definition) is 4. The normalized spacial score (nSPS) is 12.7. The monoisotopic (exact) mass is 466 g/mol. The lowest BCUT2D eigenvalue weighted by atomic mass is 10.0. The molecule has 136 valence electrons. The molecule has 8 heteroatoms. The summed E-state index contributed by atoms with van der Waals surface area (Å²) >= 11 is 1.92. The second-order valence-corrected chi connectivity index (χ2v) is 6.34. The van der Waals surface area contributed by atoms with Crippen LogP contribution in [0.25, 0.3) is 0 Å². The van der Waals surface area contributed by atoms with Crippen LogP contribution in [-0.4, -0.2) is 33.2 Å². The standard InChI is InChI=1S/C18H19IN4O3/c19-10-15(24)23-16(13-6-2-1-3-7-13)18(26)22-14(17(20)25)9-12-5-4-8-21-11-12/h1-8,11,14,16H,9-10H2,(H2,20,25)(H,22,26)(H,23,24). The number of primary amides is 1. The smallest absolute Gasteiger partial charge is 0.247 e. The molecule has 0 spiro atoms. The third-order valence-electron chi connectivity index (χ3n) is 3.64. The van der Waals surface area contributed by atoms with Gasteiger partial charge in [0, 0.05) is 18.8 Å². The van der Waals surface area contributed by atoms with Gasteiger partial charge in [-0.1, -0.05) is 59.0 Å². The molecule has 3 amide bonds. The van der Waals surface area contributed by atoms with E-state index >= 15 is 0 Å². The molecular weight excluding hydrogens is 447 g/mol. The van der Waals surface area contributed by atoms with Gasteiger partial charge in [0.15, 0.2) is 0 Å². The number of rotatable bonds is 8. The van der Waals surface area contributed by atoms with Crippen molar-refractivity contribution < 1.29 is 14.4 Å². The van der Waals surface area contributed by atoms with Crippen molar-refractivity contribution in [3.63, 3.8) is 0 Å². The predicted octanol–water partition coefficient (Wildman–Crippen LogP) is 0.887. The zero-order chi connectivity index (χ0) is 18.9. The third-order valence-corrected chi connectivity index (χ3v) is 4.34. The predicted molar refractivity (Wildman–Crippen MR) is 105 cm³/mol. The van der Waals surface area contributed by atoms with E-state index in [2.05, 4.69) is 15.6 Å². The second kappa shape index (κ2) is 9.85. The van der Waals surface area contributed by atoms with E-state index in [0.29, 0.717) is 5.56 Å². The molecule has 0 aliphatic heterocycles. The summed E-state index contributed by atoms with van der Waals surface area (Å²) in [6, 6.07) is 10.5. The molecule has 0 saturated carbocycles. The van der Waals surface area contributed by atoms with Crippen LogP contribution in [0.4, 0.5) is 0 Å². The number of carbonyl (C=O) groups excluding carboxylic acids is 3. The molecule has 2 unspecified atom stereocenters. The van der Waals surface area contributed by atoms with Gasteiger partial charge in [-0.15, -0.1) is 0 Å². The number of amides is 3. The van der Waals surface area contributed by atoms with Crippen molar-refractivity contribution in [2.45, 2.75) is 18.5 Å². The number of aromatic nitrogens is 1. The lowest BCUT2D eigenvalue weighted by Gasteiger charge is -2.22. The van der Waals surface area contributed by atoms with E-state index in [1.807, 2.05) is 28.7 Å². The number of pyridine rings is 1. The van der Waals surface area contributed by atoms with Crippen molar-refractivity contribution in [2.75, 3.05) is 4.43 Å². The molecule has 1 heterocycles. The molecule has 26 heavy (non-hydrogen) atoms. The van der Waals surface area contributed by atoms with Crippen LogP contribution in [0.5, 0.6) is 0 Å². The highest BCUT2D eigenvalue weighted by Crippen LogP contribution is 2.14. The first-order valence-corrected chi connectivity index (χ1v) is 9.42. The number of benzene rings is 1. The number of nitrogens with two attached hydrogens (primary N) is 1. The maximum absolute atomic E-state index is 12.7. The molecule has 2 atom stereocenters. The summed E-state index contributed by atoms with van der Waals surface area (Å²) < 4.78 is 0.212. The van der Waals surface area contributed by atoms with Crippen molar-refractivity contribution >= 4 is 40.3 Å². The first-order chi connectivity index (χ1) is 12.5. The number of nitrogens with one attached hydrogen (secondary N) is 2. The minimum Gasteiger partial charge on any atom is -0.368 e. The van der Waals surface area contributed by atoms with Crippen molar-refractivity contribution in [3.05, 3.63) is 66.0 Å². The van der Waals surface area contributed by atoms with E-state index in [-0.39, 0.29) is 16.8 Å². The molecule has 0 fully saturated rings. The molecule has 0 radical (unpaired) electrons. The van der Waals surface area contributed by atoms with Gasteiger partial charge in [-0.2, -0.15) is 0 Å². The summed E-state index contributed by atoms with van der Waals surface area (Å²) in [6.07, 6.45) is 3.44. The lowest BCUT2D eigenvalue weighted by molar-refractivity contribution is -0.130. The molecule has 1 aromatic carbocycles. The number of nitrogens with zero attached hydrogens (tertiary/aromatic N) is 1. The van der Waals surface area contributed by atoms with E-state index in [1.165, 1.54) is 0 Å². The van der Waals surface area contributed by atoms with Gasteiger partial charge in [0.2, 0.25) is 17.7 Å². The molecular formula is C18H19IN4O3. The quantitative estimate of drug-likeness (QED) is 0.396. The Morgan fingerprint density at radius 2 is 1.81 bits per heavy atom. The summed E-state index contributed by atoms with van der Waals surface area (Å²) in [5, 5.41) is 5.30. The van der Waals surface area contributed by atoms with Crippen LogP contribution >= 0.6 is 22.6 Å². The fourth-order valence-corrected chi connectivity index (χ4v) is 2.60. The molecule has 0 saturated heterocycles. The Labute approximate surface area is 164 Å². The summed E-state index contributed by atoms with van der Waals surface area (Å²) in [4.78, 5) is 40.3. The molecule has 2 aromatic rings. The first-order valence-electron chi connectivity index (χ1n) is 7.90. The van der Waals surface area contributed by atoms with Crippen LogP contribution in [-0.2, 0) is 20.8 Å². The van der Waals surface area contributed by atoms with Crippen LogP contribution in [0.1, 0.15) is 17.2 Å². The van der Waals surface area contributed by atoms with Crippen LogP contribution in [0.2, 0.25) is 0 Å². The highest BCUT2D eigenvalue weighted by Gasteiger charge is 2.26. The van der Waals surface area contributed by atoms with Crippen LogP contribution in [0.15, 0.2) is 54.9 Å². The Hall–Kier alpha value is -2.49. The lowest BCUT2D eigenvalue weighted by Crippen LogP contribution is -2.50. The first kappa shape index (κ1) is 19.8. The molecule has 0 aliphatic rings. The summed E-state index contributed by atoms with van der Waals surface area (Å²) in [7, 11) is 0. The SMILES string of the molecule is NC(=O)C(Cc1cccnc1)NC(=O)C(NC(=O)CI)c1ccccc1. The summed E-state index contributed by atoms with van der Waals surface area (Å²) in [5.74, 6) is -1.44. The third kappa shape index (κ3) is 5.80. The molecule has 0 bridgehead atoms. The van der Waals surface area contributed by atoms with Gasteiger partial charge < -0.3 is 16.4 Å². The second-order valence-electron chi connectivity index (χ2n) is 5.57. The average molecular weight is 466 g/mol. The zero-order valence-electron chi connectivity index (χ0n) is 13.9. The van der Waals surface area contributed by atoms with Crippen LogP contribution in [0.3, 0.4) is 0 Å². The Kier molecular flexibility index (Phi) is 7.52. The molecule has 1 aromatic heterocycles. The Morgan fingerprint density at radius 1 is 1.08 bits per heavy atom. The summed E-state index contributed by atoms with van der Waals surface area (Å²) in [6.45, 7) is 0. The number of alkyl halides is 1. The molecule has 2 rings (SSSR count). The fraction of sp³-hybridized carbons (Fsp3) is 0.222. The van der Waals surface area contributed by atoms with Crippen molar-refractivity contribution in [1.29, 1.82) is 0 Å². The Morgan fingerprint density at radius 3 is 2.38 bits per heavy atom. The maximum Gasteiger partial charge on any atom is 0.247 e. The Balaban J connectivity index is 2.17. The van der Waals surface area contributed by atoms with E-state index in [0.717, 1.165) is 5.56 Å². The van der Waals surface area contributed by atoms with Gasteiger partial charge in [-0.3, -0.25) is 19.4 Å². The highest BCUT2D eigenvalue weighted by molar-refractivity contribution is 14.1.